The maximum absolute atomic E-state index is 13.4. The number of aromatic nitrogens is 2. The Balaban J connectivity index is 2.03. The lowest BCUT2D eigenvalue weighted by atomic mass is 10.2. The second kappa shape index (κ2) is 4.46. The van der Waals surface area contributed by atoms with Gasteiger partial charge in [0.15, 0.2) is 0 Å². The van der Waals surface area contributed by atoms with Crippen LogP contribution in [0.15, 0.2) is 36.4 Å². The maximum atomic E-state index is 13.4. The zero-order chi connectivity index (χ0) is 14.6. The SMILES string of the molecule is Nc1ccc(Cl)c(-c2nc3cc(F)ccc3n2C2CC2)c1. The monoisotopic (exact) mass is 301 g/mol. The van der Waals surface area contributed by atoms with Crippen LogP contribution in [0.1, 0.15) is 18.9 Å². The van der Waals surface area contributed by atoms with Crippen molar-refractivity contribution in [2.45, 2.75) is 18.9 Å². The van der Waals surface area contributed by atoms with Crippen LogP contribution in [0.4, 0.5) is 10.1 Å². The van der Waals surface area contributed by atoms with Gasteiger partial charge in [-0.2, -0.15) is 0 Å². The van der Waals surface area contributed by atoms with Crippen molar-refractivity contribution >= 4 is 28.3 Å². The fourth-order valence-corrected chi connectivity index (χ4v) is 2.88. The average molecular weight is 302 g/mol. The van der Waals surface area contributed by atoms with E-state index in [1.807, 2.05) is 6.07 Å². The number of anilines is 1. The summed E-state index contributed by atoms with van der Waals surface area (Å²) in [4.78, 5) is 4.59. The maximum Gasteiger partial charge on any atom is 0.142 e. The molecule has 1 aromatic heterocycles. The molecule has 5 heteroatoms. The Hall–Kier alpha value is -2.07. The molecule has 3 nitrogen and oxygen atoms in total. The van der Waals surface area contributed by atoms with Crippen molar-refractivity contribution < 1.29 is 4.39 Å². The van der Waals surface area contributed by atoms with Crippen molar-refractivity contribution in [2.24, 2.45) is 0 Å². The van der Waals surface area contributed by atoms with E-state index < -0.39 is 0 Å². The third kappa shape index (κ3) is 2.07. The molecule has 0 amide bonds. The molecule has 4 rings (SSSR count). The predicted octanol–water partition coefficient (Wildman–Crippen LogP) is 4.41. The number of rotatable bonds is 2. The molecule has 0 bridgehead atoms. The van der Waals surface area contributed by atoms with E-state index in [0.29, 0.717) is 22.3 Å². The van der Waals surface area contributed by atoms with Crippen LogP contribution in [0.5, 0.6) is 0 Å². The van der Waals surface area contributed by atoms with Gasteiger partial charge in [-0.1, -0.05) is 11.6 Å². The van der Waals surface area contributed by atoms with E-state index in [1.54, 1.807) is 18.2 Å². The average Bonchev–Trinajstić information content (AvgIpc) is 3.22. The number of nitrogen functional groups attached to an aromatic ring is 1. The van der Waals surface area contributed by atoms with Gasteiger partial charge >= 0.3 is 0 Å². The smallest absolute Gasteiger partial charge is 0.142 e. The highest BCUT2D eigenvalue weighted by Gasteiger charge is 2.29. The number of hydrogen-bond donors (Lipinski definition) is 1. The van der Waals surface area contributed by atoms with Gasteiger partial charge in [-0.3, -0.25) is 0 Å². The molecule has 1 aliphatic rings. The summed E-state index contributed by atoms with van der Waals surface area (Å²) in [6, 6.07) is 10.5. The van der Waals surface area contributed by atoms with Gasteiger partial charge in [-0.15, -0.1) is 0 Å². The molecule has 0 unspecified atom stereocenters. The molecule has 106 valence electrons. The number of hydrogen-bond acceptors (Lipinski definition) is 2. The fraction of sp³-hybridized carbons (Fsp3) is 0.188. The molecule has 3 aromatic rings. The minimum absolute atomic E-state index is 0.284. The summed E-state index contributed by atoms with van der Waals surface area (Å²) in [6.07, 6.45) is 2.21. The Morgan fingerprint density at radius 2 is 2.00 bits per heavy atom. The highest BCUT2D eigenvalue weighted by atomic mass is 35.5. The van der Waals surface area contributed by atoms with Crippen molar-refractivity contribution in [3.05, 3.63) is 47.2 Å². The van der Waals surface area contributed by atoms with E-state index >= 15 is 0 Å². The highest BCUT2D eigenvalue weighted by molar-refractivity contribution is 6.33. The number of nitrogens with two attached hydrogens (primary N) is 1. The van der Waals surface area contributed by atoms with E-state index in [-0.39, 0.29) is 5.82 Å². The van der Waals surface area contributed by atoms with E-state index in [9.17, 15) is 4.39 Å². The highest BCUT2D eigenvalue weighted by Crippen LogP contribution is 2.42. The third-order valence-electron chi connectivity index (χ3n) is 3.79. The number of imidazole rings is 1. The number of fused-ring (bicyclic) bond motifs is 1. The first kappa shape index (κ1) is 12.7. The molecule has 0 radical (unpaired) electrons. The molecule has 21 heavy (non-hydrogen) atoms. The van der Waals surface area contributed by atoms with Gasteiger partial charge in [0.25, 0.3) is 0 Å². The predicted molar refractivity (Wildman–Crippen MR) is 82.8 cm³/mol. The Morgan fingerprint density at radius 1 is 1.19 bits per heavy atom. The Morgan fingerprint density at radius 3 is 2.76 bits per heavy atom. The molecule has 0 atom stereocenters. The van der Waals surface area contributed by atoms with Gasteiger partial charge in [0.1, 0.15) is 11.6 Å². The standard InChI is InChI=1S/C16H13ClFN3/c17-13-5-2-10(19)8-12(13)16-20-14-7-9(18)1-6-15(14)21(16)11-3-4-11/h1-2,5-8,11H,3-4,19H2. The lowest BCUT2D eigenvalue weighted by molar-refractivity contribution is 0.629. The summed E-state index contributed by atoms with van der Waals surface area (Å²) in [5.74, 6) is 0.476. The van der Waals surface area contributed by atoms with Crippen LogP contribution in [-0.2, 0) is 0 Å². The second-order valence-corrected chi connectivity index (χ2v) is 5.82. The topological polar surface area (TPSA) is 43.8 Å². The summed E-state index contributed by atoms with van der Waals surface area (Å²) in [7, 11) is 0. The molecule has 2 N–H and O–H groups in total. The van der Waals surface area contributed by atoms with Gasteiger partial charge < -0.3 is 10.3 Å². The Kier molecular flexibility index (Phi) is 2.69. The zero-order valence-electron chi connectivity index (χ0n) is 11.2. The third-order valence-corrected chi connectivity index (χ3v) is 4.12. The first-order valence-electron chi connectivity index (χ1n) is 6.86. The minimum Gasteiger partial charge on any atom is -0.399 e. The first-order chi connectivity index (χ1) is 10.1. The lowest BCUT2D eigenvalue weighted by Crippen LogP contribution is -1.98. The van der Waals surface area contributed by atoms with E-state index in [1.165, 1.54) is 12.1 Å². The van der Waals surface area contributed by atoms with Crippen LogP contribution in [0, 0.1) is 5.82 Å². The molecule has 0 saturated heterocycles. The summed E-state index contributed by atoms with van der Waals surface area (Å²) in [5, 5.41) is 0.599. The van der Waals surface area contributed by atoms with Crippen LogP contribution in [-0.4, -0.2) is 9.55 Å². The van der Waals surface area contributed by atoms with Crippen molar-refractivity contribution in [3.8, 4) is 11.4 Å². The second-order valence-electron chi connectivity index (χ2n) is 5.41. The Labute approximate surface area is 126 Å². The van der Waals surface area contributed by atoms with Crippen molar-refractivity contribution in [2.75, 3.05) is 5.73 Å². The van der Waals surface area contributed by atoms with Gasteiger partial charge in [0, 0.05) is 23.4 Å². The van der Waals surface area contributed by atoms with E-state index in [0.717, 1.165) is 29.7 Å². The van der Waals surface area contributed by atoms with E-state index in [2.05, 4.69) is 9.55 Å². The van der Waals surface area contributed by atoms with Gasteiger partial charge in [-0.05, 0) is 43.2 Å². The van der Waals surface area contributed by atoms with Crippen molar-refractivity contribution in [1.29, 1.82) is 0 Å². The minimum atomic E-state index is -0.284. The van der Waals surface area contributed by atoms with Crippen molar-refractivity contribution in [3.63, 3.8) is 0 Å². The summed E-state index contributed by atoms with van der Waals surface area (Å²) in [6.45, 7) is 0. The summed E-state index contributed by atoms with van der Waals surface area (Å²) < 4.78 is 15.6. The van der Waals surface area contributed by atoms with Crippen LogP contribution in [0.2, 0.25) is 5.02 Å². The van der Waals surface area contributed by atoms with Crippen molar-refractivity contribution in [1.82, 2.24) is 9.55 Å². The molecule has 1 aliphatic carbocycles. The van der Waals surface area contributed by atoms with E-state index in [4.69, 9.17) is 17.3 Å². The van der Waals surface area contributed by atoms with Gasteiger partial charge in [0.2, 0.25) is 0 Å². The van der Waals surface area contributed by atoms with Gasteiger partial charge in [-0.25, -0.2) is 9.37 Å². The molecule has 1 heterocycles. The first-order valence-corrected chi connectivity index (χ1v) is 7.24. The summed E-state index contributed by atoms with van der Waals surface area (Å²) >= 11 is 6.30. The normalized spacial score (nSPS) is 14.8. The van der Waals surface area contributed by atoms with Crippen LogP contribution in [0.25, 0.3) is 22.4 Å². The molecule has 1 fully saturated rings. The quantitative estimate of drug-likeness (QED) is 0.712. The van der Waals surface area contributed by atoms with Gasteiger partial charge in [0.05, 0.1) is 16.1 Å². The molecular formula is C16H13ClFN3. The zero-order valence-corrected chi connectivity index (χ0v) is 11.9. The Bertz CT molecular complexity index is 852. The molecular weight excluding hydrogens is 289 g/mol. The summed E-state index contributed by atoms with van der Waals surface area (Å²) in [5.41, 5.74) is 8.88. The van der Waals surface area contributed by atoms with Crippen LogP contribution >= 0.6 is 11.6 Å². The molecule has 1 saturated carbocycles. The molecule has 2 aromatic carbocycles. The van der Waals surface area contributed by atoms with Crippen LogP contribution in [0.3, 0.4) is 0 Å². The van der Waals surface area contributed by atoms with Crippen LogP contribution < -0.4 is 5.73 Å². The lowest BCUT2D eigenvalue weighted by Gasteiger charge is -2.09. The fourth-order valence-electron chi connectivity index (χ4n) is 2.68. The molecule has 0 spiro atoms. The largest absolute Gasteiger partial charge is 0.399 e. The number of nitrogens with zero attached hydrogens (tertiary/aromatic N) is 2. The molecule has 0 aliphatic heterocycles. The number of halogens is 2. The number of benzene rings is 2.